The molecule has 0 radical (unpaired) electrons. The highest BCUT2D eigenvalue weighted by atomic mass is 16.7. The van der Waals surface area contributed by atoms with E-state index in [2.05, 4.69) is 12.3 Å². The second-order valence-corrected chi connectivity index (χ2v) is 4.93. The largest absolute Gasteiger partial charge is 0.394 e. The lowest BCUT2D eigenvalue weighted by Crippen LogP contribution is -2.63. The Labute approximate surface area is 121 Å². The van der Waals surface area contributed by atoms with Gasteiger partial charge in [0.2, 0.25) is 5.79 Å². The van der Waals surface area contributed by atoms with E-state index in [1.54, 1.807) is 18.2 Å². The average molecular weight is 294 g/mol. The fourth-order valence-corrected chi connectivity index (χ4v) is 2.33. The zero-order valence-corrected chi connectivity index (χ0v) is 11.3. The highest BCUT2D eigenvalue weighted by molar-refractivity contribution is 5.49. The lowest BCUT2D eigenvalue weighted by atomic mass is 9.88. The highest BCUT2D eigenvalue weighted by Gasteiger charge is 2.53. The van der Waals surface area contributed by atoms with Crippen LogP contribution in [-0.4, -0.2) is 56.6 Å². The van der Waals surface area contributed by atoms with Gasteiger partial charge in [0, 0.05) is 5.56 Å². The fraction of sp³-hybridized carbons (Fsp3) is 0.400. The van der Waals surface area contributed by atoms with Crippen LogP contribution < -0.4 is 0 Å². The molecule has 1 heterocycles. The Morgan fingerprint density at radius 2 is 1.81 bits per heavy atom. The zero-order chi connectivity index (χ0) is 15.6. The summed E-state index contributed by atoms with van der Waals surface area (Å²) < 4.78 is 5.21. The molecule has 6 heteroatoms. The minimum atomic E-state index is -2.22. The number of aliphatic hydroxyl groups excluding tert-OH is 4. The van der Waals surface area contributed by atoms with E-state index in [-0.39, 0.29) is 5.56 Å². The Kier molecular flexibility index (Phi) is 4.61. The number of benzene rings is 1. The molecule has 6 nitrogen and oxygen atoms in total. The number of rotatable bonds is 3. The van der Waals surface area contributed by atoms with Crippen molar-refractivity contribution in [1.82, 2.24) is 0 Å². The van der Waals surface area contributed by atoms with E-state index in [0.717, 1.165) is 5.56 Å². The predicted molar refractivity (Wildman–Crippen MR) is 73.9 cm³/mol. The molecule has 1 saturated heterocycles. The minimum absolute atomic E-state index is 0.195. The van der Waals surface area contributed by atoms with Gasteiger partial charge in [-0.25, -0.2) is 0 Å². The summed E-state index contributed by atoms with van der Waals surface area (Å²) in [5.41, 5.74) is 3.58. The zero-order valence-electron chi connectivity index (χ0n) is 11.3. The molecular formula is C15H18O6. The summed E-state index contributed by atoms with van der Waals surface area (Å²) in [5, 5.41) is 49.2. The molecule has 0 aliphatic carbocycles. The van der Waals surface area contributed by atoms with Crippen LogP contribution in [0.1, 0.15) is 11.1 Å². The SMILES string of the molecule is C=C=Cc1ccc([C@]2(O)O[C@H](CO)[C@@H](O)[C@H](O)[C@H]2O)cc1. The molecule has 5 N–H and O–H groups in total. The van der Waals surface area contributed by atoms with Crippen LogP contribution >= 0.6 is 0 Å². The van der Waals surface area contributed by atoms with E-state index >= 15 is 0 Å². The quantitative estimate of drug-likeness (QED) is 0.462. The molecular weight excluding hydrogens is 276 g/mol. The van der Waals surface area contributed by atoms with Gasteiger partial charge in [0.15, 0.2) is 0 Å². The Bertz CT molecular complexity index is 534. The standard InChI is InChI=1S/C15H18O6/c1-2-3-9-4-6-10(7-5-9)15(20)14(19)13(18)12(17)11(8-16)21-15/h3-7,11-14,16-20H,1,8H2/t11-,12-,13+,14-,15+/m1/s1. The Balaban J connectivity index is 2.36. The molecule has 1 aromatic carbocycles. The minimum Gasteiger partial charge on any atom is -0.394 e. The van der Waals surface area contributed by atoms with Crippen LogP contribution in [0.15, 0.2) is 36.6 Å². The van der Waals surface area contributed by atoms with Crippen molar-refractivity contribution < 1.29 is 30.3 Å². The molecule has 0 aromatic heterocycles. The van der Waals surface area contributed by atoms with Crippen molar-refractivity contribution in [1.29, 1.82) is 0 Å². The van der Waals surface area contributed by atoms with Gasteiger partial charge in [0.1, 0.15) is 24.4 Å². The fourth-order valence-electron chi connectivity index (χ4n) is 2.33. The molecule has 1 fully saturated rings. The monoisotopic (exact) mass is 294 g/mol. The second-order valence-electron chi connectivity index (χ2n) is 4.93. The molecule has 1 aliphatic rings. The summed E-state index contributed by atoms with van der Waals surface area (Å²) in [6.07, 6.45) is -4.47. The molecule has 0 bridgehead atoms. The first-order chi connectivity index (χ1) is 9.93. The van der Waals surface area contributed by atoms with Gasteiger partial charge in [-0.3, -0.25) is 0 Å². The van der Waals surface area contributed by atoms with Crippen molar-refractivity contribution in [3.63, 3.8) is 0 Å². The van der Waals surface area contributed by atoms with Crippen LogP contribution in [0.5, 0.6) is 0 Å². The lowest BCUT2D eigenvalue weighted by Gasteiger charge is -2.45. The van der Waals surface area contributed by atoms with E-state index in [9.17, 15) is 20.4 Å². The lowest BCUT2D eigenvalue weighted by molar-refractivity contribution is -0.357. The van der Waals surface area contributed by atoms with Crippen LogP contribution in [0, 0.1) is 0 Å². The molecule has 0 spiro atoms. The highest BCUT2D eigenvalue weighted by Crippen LogP contribution is 2.36. The Morgan fingerprint density at radius 1 is 1.19 bits per heavy atom. The van der Waals surface area contributed by atoms with Gasteiger partial charge in [-0.05, 0) is 11.6 Å². The molecule has 2 rings (SSSR count). The summed E-state index contributed by atoms with van der Waals surface area (Å²) in [6, 6.07) is 6.30. The van der Waals surface area contributed by atoms with Gasteiger partial charge in [0.25, 0.3) is 0 Å². The third-order valence-corrected chi connectivity index (χ3v) is 3.56. The number of hydrogen-bond donors (Lipinski definition) is 5. The van der Waals surface area contributed by atoms with E-state index in [1.807, 2.05) is 0 Å². The summed E-state index contributed by atoms with van der Waals surface area (Å²) >= 11 is 0. The maximum absolute atomic E-state index is 10.5. The molecule has 1 aliphatic heterocycles. The van der Waals surface area contributed by atoms with Crippen molar-refractivity contribution in [2.75, 3.05) is 6.61 Å². The maximum atomic E-state index is 10.5. The first-order valence-electron chi connectivity index (χ1n) is 6.45. The average Bonchev–Trinajstić information content (AvgIpc) is 2.50. The van der Waals surface area contributed by atoms with Crippen molar-refractivity contribution in [2.45, 2.75) is 30.2 Å². The molecule has 0 unspecified atom stereocenters. The number of ether oxygens (including phenoxy) is 1. The van der Waals surface area contributed by atoms with Gasteiger partial charge in [-0.2, -0.15) is 0 Å². The maximum Gasteiger partial charge on any atom is 0.222 e. The summed E-state index contributed by atoms with van der Waals surface area (Å²) in [7, 11) is 0. The topological polar surface area (TPSA) is 110 Å². The molecule has 1 aromatic rings. The van der Waals surface area contributed by atoms with Gasteiger partial charge in [-0.15, -0.1) is 5.73 Å². The molecule has 0 amide bonds. The third-order valence-electron chi connectivity index (χ3n) is 3.56. The van der Waals surface area contributed by atoms with Crippen LogP contribution in [0.3, 0.4) is 0 Å². The van der Waals surface area contributed by atoms with Gasteiger partial charge < -0.3 is 30.3 Å². The first kappa shape index (κ1) is 15.9. The van der Waals surface area contributed by atoms with Gasteiger partial charge in [-0.1, -0.05) is 30.8 Å². The van der Waals surface area contributed by atoms with Crippen molar-refractivity contribution in [3.05, 3.63) is 47.7 Å². The Morgan fingerprint density at radius 3 is 2.33 bits per heavy atom. The molecule has 114 valence electrons. The summed E-state index contributed by atoms with van der Waals surface area (Å²) in [5.74, 6) is -2.22. The first-order valence-corrected chi connectivity index (χ1v) is 6.45. The molecule has 0 saturated carbocycles. The van der Waals surface area contributed by atoms with Gasteiger partial charge >= 0.3 is 0 Å². The third kappa shape index (κ3) is 2.79. The predicted octanol–water partition coefficient (Wildman–Crippen LogP) is -0.896. The van der Waals surface area contributed by atoms with Crippen molar-refractivity contribution in [3.8, 4) is 0 Å². The Hall–Kier alpha value is -1.50. The van der Waals surface area contributed by atoms with Crippen molar-refractivity contribution >= 4 is 6.08 Å². The van der Waals surface area contributed by atoms with Crippen LogP contribution in [0.4, 0.5) is 0 Å². The molecule has 21 heavy (non-hydrogen) atoms. The van der Waals surface area contributed by atoms with Crippen molar-refractivity contribution in [2.24, 2.45) is 0 Å². The smallest absolute Gasteiger partial charge is 0.222 e. The second kappa shape index (κ2) is 6.09. The van der Waals surface area contributed by atoms with Crippen LogP contribution in [-0.2, 0) is 10.5 Å². The van der Waals surface area contributed by atoms with Crippen LogP contribution in [0.25, 0.3) is 6.08 Å². The van der Waals surface area contributed by atoms with E-state index < -0.39 is 36.8 Å². The molecule has 5 atom stereocenters. The van der Waals surface area contributed by atoms with Crippen LogP contribution in [0.2, 0.25) is 0 Å². The normalized spacial score (nSPS) is 36.0. The van der Waals surface area contributed by atoms with E-state index in [1.165, 1.54) is 12.1 Å². The number of aliphatic hydroxyl groups is 5. The van der Waals surface area contributed by atoms with Gasteiger partial charge in [0.05, 0.1) is 6.61 Å². The number of hydrogen-bond acceptors (Lipinski definition) is 6. The summed E-state index contributed by atoms with van der Waals surface area (Å²) in [4.78, 5) is 0. The van der Waals surface area contributed by atoms with E-state index in [4.69, 9.17) is 9.84 Å². The van der Waals surface area contributed by atoms with E-state index in [0.29, 0.717) is 0 Å². The summed E-state index contributed by atoms with van der Waals surface area (Å²) in [6.45, 7) is 2.84.